The molecule has 1 aliphatic rings. The van der Waals surface area contributed by atoms with Crippen LogP contribution in [-0.2, 0) is 17.5 Å². The van der Waals surface area contributed by atoms with E-state index < -0.39 is 17.6 Å². The van der Waals surface area contributed by atoms with E-state index in [4.69, 9.17) is 0 Å². The van der Waals surface area contributed by atoms with Crippen molar-refractivity contribution in [3.63, 3.8) is 0 Å². The molecule has 11 heteroatoms. The minimum absolute atomic E-state index is 0.0378. The maximum absolute atomic E-state index is 12.8. The van der Waals surface area contributed by atoms with Crippen molar-refractivity contribution in [2.45, 2.75) is 31.6 Å². The Bertz CT molecular complexity index is 1160. The van der Waals surface area contributed by atoms with Gasteiger partial charge in [0, 0.05) is 31.2 Å². The van der Waals surface area contributed by atoms with Crippen LogP contribution in [0.2, 0.25) is 0 Å². The van der Waals surface area contributed by atoms with Crippen LogP contribution in [0.1, 0.15) is 34.5 Å². The van der Waals surface area contributed by atoms with E-state index >= 15 is 0 Å². The number of hydrogen-bond donors (Lipinski definition) is 2. The molecule has 0 atom stereocenters. The molecule has 35 heavy (non-hydrogen) atoms. The van der Waals surface area contributed by atoms with E-state index in [0.717, 1.165) is 55.5 Å². The topological polar surface area (TPSA) is 92.2 Å². The molecule has 0 aliphatic carbocycles. The van der Waals surface area contributed by atoms with Crippen LogP contribution in [0.15, 0.2) is 60.8 Å². The molecule has 2 aromatic carbocycles. The van der Waals surface area contributed by atoms with Crippen LogP contribution in [0, 0.1) is 0 Å². The highest BCUT2D eigenvalue weighted by molar-refractivity contribution is 5.96. The summed E-state index contributed by atoms with van der Waals surface area (Å²) in [6.45, 7) is 1.87. The third-order valence-corrected chi connectivity index (χ3v) is 5.76. The summed E-state index contributed by atoms with van der Waals surface area (Å²) in [5.74, 6) is -1.11. The molecule has 0 spiro atoms. The summed E-state index contributed by atoms with van der Waals surface area (Å²) >= 11 is 0. The zero-order valence-corrected chi connectivity index (χ0v) is 18.8. The number of alkyl halides is 3. The van der Waals surface area contributed by atoms with Gasteiger partial charge in [-0.25, -0.2) is 4.68 Å². The molecular weight excluding hydrogens is 461 g/mol. The fraction of sp³-hybridized carbons (Fsp3) is 0.333. The van der Waals surface area contributed by atoms with Crippen LogP contribution in [-0.4, -0.2) is 57.4 Å². The second kappa shape index (κ2) is 10.7. The predicted molar refractivity (Wildman–Crippen MR) is 122 cm³/mol. The van der Waals surface area contributed by atoms with Crippen LogP contribution in [0.25, 0.3) is 5.69 Å². The SMILES string of the molecule is O=C(CNC(=O)c1cccc(C(F)(F)F)c1)NC1CCN(Cc2cn(-c3ccccc3)nn2)CC1. The van der Waals surface area contributed by atoms with Gasteiger partial charge in [0.2, 0.25) is 5.91 Å². The van der Waals surface area contributed by atoms with Gasteiger partial charge in [0.15, 0.2) is 0 Å². The Balaban J connectivity index is 1.19. The van der Waals surface area contributed by atoms with Crippen LogP contribution < -0.4 is 10.6 Å². The molecule has 184 valence electrons. The number of carbonyl (C=O) groups is 2. The summed E-state index contributed by atoms with van der Waals surface area (Å²) < 4.78 is 40.2. The molecule has 1 saturated heterocycles. The number of aromatic nitrogens is 3. The van der Waals surface area contributed by atoms with E-state index in [1.165, 1.54) is 6.07 Å². The lowest BCUT2D eigenvalue weighted by molar-refractivity contribution is -0.137. The molecule has 0 radical (unpaired) electrons. The van der Waals surface area contributed by atoms with E-state index in [1.54, 1.807) is 4.68 Å². The van der Waals surface area contributed by atoms with Crippen LogP contribution in [0.3, 0.4) is 0 Å². The van der Waals surface area contributed by atoms with E-state index in [1.807, 2.05) is 36.5 Å². The molecular formula is C24H25F3N6O2. The van der Waals surface area contributed by atoms with Crippen molar-refractivity contribution < 1.29 is 22.8 Å². The van der Waals surface area contributed by atoms with Crippen molar-refractivity contribution in [3.05, 3.63) is 77.6 Å². The third-order valence-electron chi connectivity index (χ3n) is 5.76. The summed E-state index contributed by atoms with van der Waals surface area (Å²) in [5.41, 5.74) is 0.732. The molecule has 4 rings (SSSR count). The fourth-order valence-corrected chi connectivity index (χ4v) is 3.92. The van der Waals surface area contributed by atoms with Crippen molar-refractivity contribution in [3.8, 4) is 5.69 Å². The van der Waals surface area contributed by atoms with Gasteiger partial charge in [0.25, 0.3) is 5.91 Å². The number of rotatable bonds is 7. The summed E-state index contributed by atoms with van der Waals surface area (Å²) in [4.78, 5) is 26.6. The van der Waals surface area contributed by atoms with Gasteiger partial charge >= 0.3 is 6.18 Å². The lowest BCUT2D eigenvalue weighted by Gasteiger charge is -2.31. The number of nitrogens with one attached hydrogen (secondary N) is 2. The second-order valence-corrected chi connectivity index (χ2v) is 8.37. The average molecular weight is 486 g/mol. The zero-order valence-electron chi connectivity index (χ0n) is 18.8. The van der Waals surface area contributed by atoms with Crippen LogP contribution in [0.4, 0.5) is 13.2 Å². The highest BCUT2D eigenvalue weighted by atomic mass is 19.4. The minimum atomic E-state index is -4.54. The molecule has 2 amide bonds. The number of benzene rings is 2. The minimum Gasteiger partial charge on any atom is -0.352 e. The quantitative estimate of drug-likeness (QED) is 0.536. The number of hydrogen-bond acceptors (Lipinski definition) is 5. The lowest BCUT2D eigenvalue weighted by atomic mass is 10.0. The maximum atomic E-state index is 12.8. The van der Waals surface area contributed by atoms with Gasteiger partial charge in [-0.05, 0) is 43.2 Å². The Kier molecular flexibility index (Phi) is 7.45. The number of nitrogens with zero attached hydrogens (tertiary/aromatic N) is 4. The van der Waals surface area contributed by atoms with Gasteiger partial charge in [-0.3, -0.25) is 14.5 Å². The number of para-hydroxylation sites is 1. The molecule has 1 aliphatic heterocycles. The zero-order chi connectivity index (χ0) is 24.8. The molecule has 2 heterocycles. The molecule has 2 N–H and O–H groups in total. The lowest BCUT2D eigenvalue weighted by Crippen LogP contribution is -2.47. The van der Waals surface area contributed by atoms with Crippen molar-refractivity contribution in [1.82, 2.24) is 30.5 Å². The maximum Gasteiger partial charge on any atom is 0.416 e. The fourth-order valence-electron chi connectivity index (χ4n) is 3.92. The van der Waals surface area contributed by atoms with Gasteiger partial charge in [-0.15, -0.1) is 5.10 Å². The number of halogens is 3. The van der Waals surface area contributed by atoms with Gasteiger partial charge < -0.3 is 10.6 Å². The van der Waals surface area contributed by atoms with E-state index in [0.29, 0.717) is 6.54 Å². The van der Waals surface area contributed by atoms with E-state index in [9.17, 15) is 22.8 Å². The van der Waals surface area contributed by atoms with Crippen LogP contribution in [0.5, 0.6) is 0 Å². The van der Waals surface area contributed by atoms with E-state index in [-0.39, 0.29) is 24.1 Å². The molecule has 0 bridgehead atoms. The first kappa shape index (κ1) is 24.4. The first-order chi connectivity index (χ1) is 16.8. The standard InChI is InChI=1S/C24H25F3N6O2/c25-24(26,27)18-6-4-5-17(13-18)23(35)28-14-22(34)29-19-9-11-32(12-10-19)15-20-16-33(31-30-20)21-7-2-1-3-8-21/h1-8,13,16,19H,9-12,14-15H2,(H,28,35)(H,29,34). The highest BCUT2D eigenvalue weighted by Crippen LogP contribution is 2.29. The summed E-state index contributed by atoms with van der Waals surface area (Å²) in [5, 5.41) is 13.7. The average Bonchev–Trinajstić information content (AvgIpc) is 3.32. The van der Waals surface area contributed by atoms with Crippen LogP contribution >= 0.6 is 0 Å². The molecule has 1 fully saturated rings. The number of piperidine rings is 1. The van der Waals surface area contributed by atoms with E-state index in [2.05, 4.69) is 25.8 Å². The van der Waals surface area contributed by atoms with Gasteiger partial charge in [0.1, 0.15) is 0 Å². The predicted octanol–water partition coefficient (Wildman–Crippen LogP) is 2.80. The third kappa shape index (κ3) is 6.66. The van der Waals surface area contributed by atoms with Gasteiger partial charge in [0.05, 0.1) is 29.7 Å². The Labute approximate surface area is 200 Å². The molecule has 0 saturated carbocycles. The Hall–Kier alpha value is -3.73. The number of likely N-dealkylation sites (tertiary alicyclic amines) is 1. The molecule has 8 nitrogen and oxygen atoms in total. The first-order valence-corrected chi connectivity index (χ1v) is 11.2. The Morgan fingerprint density at radius 3 is 2.49 bits per heavy atom. The summed E-state index contributed by atoms with van der Waals surface area (Å²) in [6, 6.07) is 13.8. The summed E-state index contributed by atoms with van der Waals surface area (Å²) in [7, 11) is 0. The van der Waals surface area contributed by atoms with Gasteiger partial charge in [-0.2, -0.15) is 13.2 Å². The molecule has 3 aromatic rings. The smallest absolute Gasteiger partial charge is 0.352 e. The molecule has 1 aromatic heterocycles. The van der Waals surface area contributed by atoms with Crippen molar-refractivity contribution in [2.75, 3.05) is 19.6 Å². The van der Waals surface area contributed by atoms with Crippen molar-refractivity contribution >= 4 is 11.8 Å². The highest BCUT2D eigenvalue weighted by Gasteiger charge is 2.31. The first-order valence-electron chi connectivity index (χ1n) is 11.2. The Morgan fingerprint density at radius 2 is 1.77 bits per heavy atom. The molecule has 0 unspecified atom stereocenters. The summed E-state index contributed by atoms with van der Waals surface area (Å²) in [6.07, 6.45) is -1.17. The largest absolute Gasteiger partial charge is 0.416 e. The Morgan fingerprint density at radius 1 is 1.03 bits per heavy atom. The van der Waals surface area contributed by atoms with Crippen molar-refractivity contribution in [2.24, 2.45) is 0 Å². The second-order valence-electron chi connectivity index (χ2n) is 8.37. The van der Waals surface area contributed by atoms with Gasteiger partial charge in [-0.1, -0.05) is 29.5 Å². The number of carbonyl (C=O) groups excluding carboxylic acids is 2. The normalized spacial score (nSPS) is 15.1. The number of amides is 2. The monoisotopic (exact) mass is 486 g/mol. The van der Waals surface area contributed by atoms with Crippen molar-refractivity contribution in [1.29, 1.82) is 0 Å².